The normalized spacial score (nSPS) is 9.42. The Hall–Kier alpha value is -1.64. The highest BCUT2D eigenvalue weighted by Crippen LogP contribution is 2.03. The van der Waals surface area contributed by atoms with Crippen LogP contribution in [0.5, 0.6) is 0 Å². The number of amides is 1. The van der Waals surface area contributed by atoms with Crippen molar-refractivity contribution in [2.45, 2.75) is 6.92 Å². The van der Waals surface area contributed by atoms with Crippen LogP contribution in [0, 0.1) is 6.92 Å². The first-order valence-corrected chi connectivity index (χ1v) is 3.48. The summed E-state index contributed by atoms with van der Waals surface area (Å²) in [5.74, 6) is -1.92. The average molecular weight is 162 g/mol. The zero-order chi connectivity index (χ0) is 9.14. The van der Waals surface area contributed by atoms with E-state index in [0.29, 0.717) is 0 Å². The van der Waals surface area contributed by atoms with Gasteiger partial charge in [-0.05, 0) is 6.92 Å². The Labute approximate surface area is 70.2 Å². The minimum atomic E-state index is -1.17. The number of nitrogens with one attached hydrogen (secondary N) is 1. The van der Waals surface area contributed by atoms with E-state index >= 15 is 0 Å². The molecule has 0 aliphatic heterocycles. The summed E-state index contributed by atoms with van der Waals surface area (Å²) in [6.45, 7) is 1.89. The number of rotatable bonds is 2. The molecule has 1 rings (SSSR count). The molecule has 3 heteroatoms. The summed E-state index contributed by atoms with van der Waals surface area (Å²) < 4.78 is 0. The van der Waals surface area contributed by atoms with Gasteiger partial charge in [-0.1, -0.05) is 29.8 Å². The molecule has 0 saturated heterocycles. The molecule has 0 atom stereocenters. The smallest absolute Gasteiger partial charge is 0.283 e. The Balaban J connectivity index is 2.98. The van der Waals surface area contributed by atoms with Gasteiger partial charge in [0.2, 0.25) is 0 Å². The minimum Gasteiger partial charge on any atom is -0.283 e. The third kappa shape index (κ3) is 1.69. The second-order valence-electron chi connectivity index (χ2n) is 2.52. The number of hydrogen-bond donors (Lipinski definition) is 0. The molecule has 12 heavy (non-hydrogen) atoms. The third-order valence-corrected chi connectivity index (χ3v) is 1.52. The lowest BCUT2D eigenvalue weighted by atomic mass is 10.1. The number of carbonyl (C=O) groups excluding carboxylic acids is 2. The maximum atomic E-state index is 10.9. The van der Waals surface area contributed by atoms with E-state index in [0.717, 1.165) is 5.56 Å². The van der Waals surface area contributed by atoms with Crippen LogP contribution in [0.15, 0.2) is 24.3 Å². The topological polar surface area (TPSA) is 57.9 Å². The Kier molecular flexibility index (Phi) is 2.24. The summed E-state index contributed by atoms with van der Waals surface area (Å²) >= 11 is 0. The molecule has 1 amide bonds. The number of hydrogen-bond acceptors (Lipinski definition) is 2. The number of aryl methyl sites for hydroxylation is 1. The number of benzene rings is 1. The molecule has 0 spiro atoms. The van der Waals surface area contributed by atoms with Gasteiger partial charge in [-0.3, -0.25) is 15.3 Å². The summed E-state index contributed by atoms with van der Waals surface area (Å²) in [7, 11) is 0. The maximum absolute atomic E-state index is 10.9. The van der Waals surface area contributed by atoms with E-state index in [2.05, 4.69) is 0 Å². The lowest BCUT2D eigenvalue weighted by molar-refractivity contribution is -0.114. The molecule has 1 N–H and O–H groups in total. The van der Waals surface area contributed by atoms with Crippen LogP contribution in [0.2, 0.25) is 0 Å². The van der Waals surface area contributed by atoms with Crippen molar-refractivity contribution in [3.8, 4) is 0 Å². The quantitative estimate of drug-likeness (QED) is 0.481. The molecule has 0 aliphatic carbocycles. The predicted octanol–water partition coefficient (Wildman–Crippen LogP) is 0.987. The predicted molar refractivity (Wildman–Crippen MR) is 43.6 cm³/mol. The molecule has 0 heterocycles. The van der Waals surface area contributed by atoms with Crippen molar-refractivity contribution >= 4 is 11.7 Å². The van der Waals surface area contributed by atoms with Crippen LogP contribution in [0.25, 0.3) is 0 Å². The fourth-order valence-electron chi connectivity index (χ4n) is 0.836. The molecule has 0 aromatic heterocycles. The first-order chi connectivity index (χ1) is 5.61. The second kappa shape index (κ2) is 3.17. The van der Waals surface area contributed by atoms with E-state index in [4.69, 9.17) is 5.73 Å². The number of carbonyl (C=O) groups is 2. The van der Waals surface area contributed by atoms with E-state index < -0.39 is 11.7 Å². The lowest BCUT2D eigenvalue weighted by Crippen LogP contribution is -2.14. The zero-order valence-corrected chi connectivity index (χ0v) is 6.63. The highest BCUT2D eigenvalue weighted by molar-refractivity contribution is 6.42. The molecule has 61 valence electrons. The molecular formula is C9H8NO2. The van der Waals surface area contributed by atoms with Crippen molar-refractivity contribution in [2.75, 3.05) is 0 Å². The van der Waals surface area contributed by atoms with Gasteiger partial charge in [0.15, 0.2) is 0 Å². The third-order valence-electron chi connectivity index (χ3n) is 1.52. The van der Waals surface area contributed by atoms with E-state index in [1.165, 1.54) is 0 Å². The van der Waals surface area contributed by atoms with Gasteiger partial charge in [-0.15, -0.1) is 0 Å². The van der Waals surface area contributed by atoms with Crippen LogP contribution in [0.4, 0.5) is 0 Å². The van der Waals surface area contributed by atoms with E-state index in [9.17, 15) is 9.59 Å². The number of ketones is 1. The highest BCUT2D eigenvalue weighted by Gasteiger charge is 2.11. The molecule has 0 fully saturated rings. The molecular weight excluding hydrogens is 154 g/mol. The maximum Gasteiger partial charge on any atom is 0.310 e. The molecule has 0 aliphatic rings. The summed E-state index contributed by atoms with van der Waals surface area (Å²) in [5, 5.41) is 0. The van der Waals surface area contributed by atoms with Gasteiger partial charge in [-0.25, -0.2) is 0 Å². The van der Waals surface area contributed by atoms with Gasteiger partial charge in [0.05, 0.1) is 0 Å². The van der Waals surface area contributed by atoms with Crippen molar-refractivity contribution in [1.82, 2.24) is 5.73 Å². The molecule has 0 bridgehead atoms. The van der Waals surface area contributed by atoms with Crippen LogP contribution in [0.3, 0.4) is 0 Å². The molecule has 1 radical (unpaired) electrons. The van der Waals surface area contributed by atoms with Crippen molar-refractivity contribution in [1.29, 1.82) is 0 Å². The summed E-state index contributed by atoms with van der Waals surface area (Å²) in [5.41, 5.74) is 7.88. The van der Waals surface area contributed by atoms with E-state index in [1.807, 2.05) is 6.92 Å². The van der Waals surface area contributed by atoms with Gasteiger partial charge < -0.3 is 0 Å². The van der Waals surface area contributed by atoms with Crippen molar-refractivity contribution in [3.63, 3.8) is 0 Å². The first kappa shape index (κ1) is 8.46. The van der Waals surface area contributed by atoms with Gasteiger partial charge in [-0.2, -0.15) is 0 Å². The van der Waals surface area contributed by atoms with Crippen LogP contribution < -0.4 is 5.73 Å². The first-order valence-electron chi connectivity index (χ1n) is 3.48. The van der Waals surface area contributed by atoms with Crippen molar-refractivity contribution < 1.29 is 9.59 Å². The lowest BCUT2D eigenvalue weighted by Gasteiger charge is -1.95. The van der Waals surface area contributed by atoms with E-state index in [1.54, 1.807) is 24.3 Å². The molecule has 1 aromatic rings. The Bertz CT molecular complexity index is 314. The van der Waals surface area contributed by atoms with Crippen LogP contribution in [0.1, 0.15) is 15.9 Å². The monoisotopic (exact) mass is 162 g/mol. The molecule has 0 unspecified atom stereocenters. The standard InChI is InChI=1S/C9H8NO2/c1-6-2-4-7(5-3-6)8(11)9(10)12/h2-5,10H,1H3. The molecule has 0 saturated carbocycles. The minimum absolute atomic E-state index is 0.278. The largest absolute Gasteiger partial charge is 0.310 e. The second-order valence-corrected chi connectivity index (χ2v) is 2.52. The molecule has 3 nitrogen and oxygen atoms in total. The summed E-state index contributed by atoms with van der Waals surface area (Å²) in [4.78, 5) is 21.3. The number of Topliss-reactive ketones (excluding diaryl/α,β-unsaturated/α-hetero) is 1. The van der Waals surface area contributed by atoms with Crippen molar-refractivity contribution in [2.24, 2.45) is 0 Å². The van der Waals surface area contributed by atoms with Gasteiger partial charge in [0, 0.05) is 5.56 Å². The molecule has 1 aromatic carbocycles. The Morgan fingerprint density at radius 2 is 1.67 bits per heavy atom. The van der Waals surface area contributed by atoms with Gasteiger partial charge >= 0.3 is 5.91 Å². The fraction of sp³-hybridized carbons (Fsp3) is 0.111. The van der Waals surface area contributed by atoms with Crippen LogP contribution in [-0.2, 0) is 4.79 Å². The fourth-order valence-corrected chi connectivity index (χ4v) is 0.836. The summed E-state index contributed by atoms with van der Waals surface area (Å²) in [6, 6.07) is 6.56. The zero-order valence-electron chi connectivity index (χ0n) is 6.63. The van der Waals surface area contributed by atoms with Crippen molar-refractivity contribution in [3.05, 3.63) is 35.4 Å². The summed E-state index contributed by atoms with van der Waals surface area (Å²) in [6.07, 6.45) is 0. The Morgan fingerprint density at radius 1 is 1.17 bits per heavy atom. The van der Waals surface area contributed by atoms with E-state index in [-0.39, 0.29) is 5.56 Å². The van der Waals surface area contributed by atoms with Crippen LogP contribution in [-0.4, -0.2) is 11.7 Å². The van der Waals surface area contributed by atoms with Gasteiger partial charge in [0.25, 0.3) is 5.78 Å². The SMILES string of the molecule is Cc1ccc(C(=O)C([NH])=O)cc1. The van der Waals surface area contributed by atoms with Crippen LogP contribution >= 0.6 is 0 Å². The van der Waals surface area contributed by atoms with Gasteiger partial charge in [0.1, 0.15) is 0 Å². The highest BCUT2D eigenvalue weighted by atomic mass is 16.2. The Morgan fingerprint density at radius 3 is 2.08 bits per heavy atom. The average Bonchev–Trinajstić information content (AvgIpc) is 2.04.